The van der Waals surface area contributed by atoms with Gasteiger partial charge in [-0.25, -0.2) is 8.42 Å². The Hall–Kier alpha value is -2.04. The lowest BCUT2D eigenvalue weighted by Crippen LogP contribution is -2.19. The summed E-state index contributed by atoms with van der Waals surface area (Å²) in [6.45, 7) is 0. The van der Waals surface area contributed by atoms with Crippen LogP contribution in [-0.2, 0) is 9.84 Å². The molecule has 2 rings (SSSR count). The van der Waals surface area contributed by atoms with Crippen molar-refractivity contribution in [2.75, 3.05) is 6.26 Å². The largest absolute Gasteiger partial charge is 0.362 e. The van der Waals surface area contributed by atoms with Crippen molar-refractivity contribution in [2.45, 2.75) is 12.3 Å². The van der Waals surface area contributed by atoms with E-state index in [1.807, 2.05) is 0 Å². The Bertz CT molecular complexity index is 696. The van der Waals surface area contributed by atoms with Crippen molar-refractivity contribution in [1.82, 2.24) is 0 Å². The number of ketones is 1. The summed E-state index contributed by atoms with van der Waals surface area (Å²) in [7, 11) is -3.40. The van der Waals surface area contributed by atoms with Crippen LogP contribution in [0.5, 0.6) is 0 Å². The lowest BCUT2D eigenvalue weighted by atomic mass is 9.95. The predicted molar refractivity (Wildman–Crippen MR) is 68.3 cm³/mol. The van der Waals surface area contributed by atoms with E-state index in [-0.39, 0.29) is 23.6 Å². The van der Waals surface area contributed by atoms with Crippen molar-refractivity contribution >= 4 is 27.4 Å². The molecule has 0 atom stereocenters. The molecule has 18 heavy (non-hydrogen) atoms. The zero-order valence-electron chi connectivity index (χ0n) is 8.91. The molecule has 0 saturated heterocycles. The highest BCUT2D eigenvalue weighted by Gasteiger charge is 2.28. The number of Topliss-reactive ketones (excluding diaryl/α,β-unsaturated/α-hetero) is 1. The highest BCUT2D eigenvalue weighted by atomic mass is 32.2. The van der Waals surface area contributed by atoms with E-state index in [0.29, 0.717) is 5.56 Å². The van der Waals surface area contributed by atoms with Gasteiger partial charge in [0.05, 0.1) is 4.90 Å². The van der Waals surface area contributed by atoms with E-state index in [2.05, 4.69) is 4.79 Å². The molecule has 0 N–H and O–H groups in total. The Morgan fingerprint density at radius 2 is 1.89 bits per heavy atom. The third-order valence-corrected chi connectivity index (χ3v) is 3.61. The molecule has 0 aliphatic heterocycles. The van der Waals surface area contributed by atoms with Crippen LogP contribution in [0.1, 0.15) is 23.3 Å². The Labute approximate surface area is 105 Å². The summed E-state index contributed by atoms with van der Waals surface area (Å²) in [6.07, 6.45) is 3.83. The van der Waals surface area contributed by atoms with Gasteiger partial charge in [0.25, 0.3) is 5.78 Å². The van der Waals surface area contributed by atoms with Gasteiger partial charge < -0.3 is 5.53 Å². The third kappa shape index (κ3) is 2.16. The summed E-state index contributed by atoms with van der Waals surface area (Å²) in [5.41, 5.74) is 9.07. The van der Waals surface area contributed by atoms with E-state index in [1.54, 1.807) is 0 Å². The van der Waals surface area contributed by atoms with Crippen molar-refractivity contribution in [3.63, 3.8) is 0 Å². The van der Waals surface area contributed by atoms with Crippen LogP contribution in [0, 0.1) is 0 Å². The molecular weight excluding hydrogens is 252 g/mol. The van der Waals surface area contributed by atoms with Crippen molar-refractivity contribution in [3.05, 3.63) is 40.9 Å². The molecule has 94 valence electrons. The van der Waals surface area contributed by atoms with Crippen LogP contribution in [0.25, 0.3) is 11.6 Å². The third-order valence-electron chi connectivity index (χ3n) is 2.46. The molecule has 0 bridgehead atoms. The summed E-state index contributed by atoms with van der Waals surface area (Å²) >= 11 is 0. The Balaban J connectivity index is 0.00000162. The number of hydrogen-bond donors (Lipinski definition) is 0. The molecule has 1 aromatic carbocycles. The number of hydrogen-bond acceptors (Lipinski definition) is 3. The van der Waals surface area contributed by atoms with Gasteiger partial charge in [0.1, 0.15) is 0 Å². The number of allylic oxidation sites excluding steroid dienone is 1. The maximum Gasteiger partial charge on any atom is 0.362 e. The predicted octanol–water partition coefficient (Wildman–Crippen LogP) is 1.61. The number of sulfone groups is 1. The van der Waals surface area contributed by atoms with E-state index in [9.17, 15) is 13.2 Å². The number of benzene rings is 1. The number of rotatable bonds is 1. The van der Waals surface area contributed by atoms with Gasteiger partial charge in [-0.05, 0) is 12.1 Å². The molecule has 0 spiro atoms. The van der Waals surface area contributed by atoms with Crippen molar-refractivity contribution < 1.29 is 18.0 Å². The monoisotopic (exact) mass is 264 g/mol. The van der Waals surface area contributed by atoms with Crippen molar-refractivity contribution in [1.29, 1.82) is 0 Å². The second-order valence-electron chi connectivity index (χ2n) is 3.64. The molecule has 1 aliphatic rings. The van der Waals surface area contributed by atoms with Gasteiger partial charge in [-0.15, -0.1) is 0 Å². The van der Waals surface area contributed by atoms with Crippen LogP contribution in [-0.4, -0.2) is 31.0 Å². The number of carbonyl (C=O) groups excluding carboxylic acids is 1. The van der Waals surface area contributed by atoms with Crippen molar-refractivity contribution in [3.8, 4) is 0 Å². The van der Waals surface area contributed by atoms with Crippen LogP contribution < -0.4 is 0 Å². The van der Waals surface area contributed by atoms with Gasteiger partial charge in [0.2, 0.25) is 0 Å². The topological polar surface area (TPSA) is 87.6 Å². The van der Waals surface area contributed by atoms with Crippen LogP contribution in [0.15, 0.2) is 29.2 Å². The van der Waals surface area contributed by atoms with Gasteiger partial charge in [-0.2, -0.15) is 4.79 Å². The molecule has 5 nitrogen and oxygen atoms in total. The van der Waals surface area contributed by atoms with E-state index in [0.717, 1.165) is 6.26 Å². The van der Waals surface area contributed by atoms with Crippen LogP contribution in [0.4, 0.5) is 0 Å². The fraction of sp³-hybridized carbons (Fsp3) is 0.167. The molecule has 0 amide bonds. The van der Waals surface area contributed by atoms with Gasteiger partial charge in [-0.3, -0.25) is 4.79 Å². The molecule has 1 aliphatic carbocycles. The standard InChI is InChI=1S/C11H8N2O3S.CH4/c1-17(15,16)10-4-2-3-8-7(10)5-6-9(13-12)11(8)14;/h2-6H,1H3;1H4. The van der Waals surface area contributed by atoms with E-state index >= 15 is 0 Å². The zero-order chi connectivity index (χ0) is 12.6. The summed E-state index contributed by atoms with van der Waals surface area (Å²) < 4.78 is 23.1. The minimum Gasteiger partial charge on any atom is -0.361 e. The van der Waals surface area contributed by atoms with Gasteiger partial charge in [0, 0.05) is 23.5 Å². The molecule has 1 aromatic rings. The molecule has 0 aromatic heterocycles. The minimum atomic E-state index is -3.40. The summed E-state index contributed by atoms with van der Waals surface area (Å²) in [6, 6.07) is 4.43. The van der Waals surface area contributed by atoms with Crippen LogP contribution >= 0.6 is 0 Å². The first kappa shape index (κ1) is 14.0. The first-order valence-corrected chi connectivity index (χ1v) is 6.62. The second-order valence-corrected chi connectivity index (χ2v) is 5.62. The normalized spacial score (nSPS) is 13.6. The quantitative estimate of drug-likeness (QED) is 0.570. The lowest BCUT2D eigenvalue weighted by molar-refractivity contribution is -0.00436. The Morgan fingerprint density at radius 3 is 2.44 bits per heavy atom. The smallest absolute Gasteiger partial charge is 0.361 e. The second kappa shape index (κ2) is 4.68. The average molecular weight is 264 g/mol. The van der Waals surface area contributed by atoms with Crippen molar-refractivity contribution in [2.24, 2.45) is 0 Å². The zero-order valence-corrected chi connectivity index (χ0v) is 9.73. The number of carbonyl (C=O) groups is 1. The highest BCUT2D eigenvalue weighted by Crippen LogP contribution is 2.24. The molecule has 0 unspecified atom stereocenters. The molecule has 0 fully saturated rings. The lowest BCUT2D eigenvalue weighted by Gasteiger charge is -2.10. The van der Waals surface area contributed by atoms with E-state index in [1.165, 1.54) is 30.4 Å². The first-order chi connectivity index (χ1) is 7.95. The highest BCUT2D eigenvalue weighted by molar-refractivity contribution is 7.90. The molecule has 0 heterocycles. The summed E-state index contributed by atoms with van der Waals surface area (Å²) in [5.74, 6) is -0.490. The van der Waals surface area contributed by atoms with E-state index in [4.69, 9.17) is 5.53 Å². The Morgan fingerprint density at radius 1 is 1.22 bits per heavy atom. The maximum atomic E-state index is 11.8. The SMILES string of the molecule is C.CS(=O)(=O)c1cccc2c1C=CC(=[N+]=[N-])C2=O. The average Bonchev–Trinajstić information content (AvgIpc) is 2.28. The molecule has 0 saturated carbocycles. The fourth-order valence-corrected chi connectivity index (χ4v) is 2.60. The molecule has 0 radical (unpaired) electrons. The number of nitrogens with zero attached hydrogens (tertiary/aromatic N) is 2. The van der Waals surface area contributed by atoms with Crippen LogP contribution in [0.3, 0.4) is 0 Å². The van der Waals surface area contributed by atoms with E-state index < -0.39 is 15.6 Å². The van der Waals surface area contributed by atoms with Gasteiger partial charge in [-0.1, -0.05) is 19.6 Å². The summed E-state index contributed by atoms with van der Waals surface area (Å²) in [5, 5.41) is 0. The maximum absolute atomic E-state index is 11.8. The van der Waals surface area contributed by atoms with Crippen LogP contribution in [0.2, 0.25) is 0 Å². The fourth-order valence-electron chi connectivity index (χ4n) is 1.69. The minimum absolute atomic E-state index is 0. The van der Waals surface area contributed by atoms with Gasteiger partial charge in [0.15, 0.2) is 9.84 Å². The molecule has 6 heteroatoms. The Kier molecular flexibility index (Phi) is 3.65. The summed E-state index contributed by atoms with van der Waals surface area (Å²) in [4.78, 5) is 14.7. The number of fused-ring (bicyclic) bond motifs is 1. The molecular formula is C12H12N2O3S. The first-order valence-electron chi connectivity index (χ1n) is 4.73. The van der Waals surface area contributed by atoms with Gasteiger partial charge >= 0.3 is 5.71 Å².